The number of aliphatic hydroxyl groups excluding tert-OH is 1. The predicted octanol–water partition coefficient (Wildman–Crippen LogP) is 1.28. The molecule has 0 aromatic carbocycles. The van der Waals surface area contributed by atoms with Crippen LogP contribution < -0.4 is 4.90 Å². The van der Waals surface area contributed by atoms with E-state index in [9.17, 15) is 0 Å². The van der Waals surface area contributed by atoms with E-state index in [1.54, 1.807) is 6.20 Å². The molecule has 0 spiro atoms. The zero-order valence-electron chi connectivity index (χ0n) is 11.1. The summed E-state index contributed by atoms with van der Waals surface area (Å²) in [6.45, 7) is 6.61. The van der Waals surface area contributed by atoms with Crippen LogP contribution in [-0.4, -0.2) is 40.9 Å². The van der Waals surface area contributed by atoms with Gasteiger partial charge in [0.15, 0.2) is 0 Å². The minimum Gasteiger partial charge on any atom is -0.392 e. The lowest BCUT2D eigenvalue weighted by Crippen LogP contribution is -2.32. The first kappa shape index (κ1) is 13.2. The summed E-state index contributed by atoms with van der Waals surface area (Å²) in [4.78, 5) is 11.0. The molecule has 18 heavy (non-hydrogen) atoms. The molecule has 1 aromatic rings. The quantitative estimate of drug-likeness (QED) is 0.877. The van der Waals surface area contributed by atoms with Crippen molar-refractivity contribution in [2.75, 3.05) is 24.6 Å². The van der Waals surface area contributed by atoms with Crippen LogP contribution in [0.25, 0.3) is 0 Å². The topological polar surface area (TPSA) is 58.5 Å². The smallest absolute Gasteiger partial charge is 0.225 e. The lowest BCUT2D eigenvalue weighted by atomic mass is 10.2. The van der Waals surface area contributed by atoms with E-state index in [2.05, 4.69) is 21.8 Å². The van der Waals surface area contributed by atoms with Crippen molar-refractivity contribution in [1.82, 2.24) is 9.97 Å². The molecule has 1 N–H and O–H groups in total. The Hall–Kier alpha value is -1.20. The lowest BCUT2D eigenvalue weighted by Gasteiger charge is -2.23. The highest BCUT2D eigenvalue weighted by atomic mass is 16.5. The number of rotatable bonds is 3. The highest BCUT2D eigenvalue weighted by Crippen LogP contribution is 2.16. The van der Waals surface area contributed by atoms with Gasteiger partial charge in [0.2, 0.25) is 5.95 Å². The monoisotopic (exact) mass is 251 g/mol. The van der Waals surface area contributed by atoms with E-state index in [4.69, 9.17) is 9.84 Å². The van der Waals surface area contributed by atoms with Crippen LogP contribution in [-0.2, 0) is 11.3 Å². The van der Waals surface area contributed by atoms with Crippen LogP contribution in [0.1, 0.15) is 31.0 Å². The molecule has 0 amide bonds. The minimum absolute atomic E-state index is 0.00713. The van der Waals surface area contributed by atoms with Crippen LogP contribution >= 0.6 is 0 Å². The Morgan fingerprint density at radius 1 is 1.56 bits per heavy atom. The molecule has 1 atom stereocenters. The number of aromatic nitrogens is 2. The zero-order valence-corrected chi connectivity index (χ0v) is 11.1. The Morgan fingerprint density at radius 3 is 3.06 bits per heavy atom. The molecule has 1 unspecified atom stereocenters. The van der Waals surface area contributed by atoms with Crippen molar-refractivity contribution in [3.8, 4) is 0 Å². The molecule has 2 rings (SSSR count). The fourth-order valence-electron chi connectivity index (χ4n) is 2.11. The first-order valence-corrected chi connectivity index (χ1v) is 6.54. The van der Waals surface area contributed by atoms with E-state index < -0.39 is 0 Å². The molecule has 1 aromatic heterocycles. The highest BCUT2D eigenvalue weighted by molar-refractivity contribution is 5.33. The van der Waals surface area contributed by atoms with E-state index in [0.29, 0.717) is 0 Å². The molecular formula is C13H21N3O2. The maximum atomic E-state index is 9.13. The lowest BCUT2D eigenvalue weighted by molar-refractivity contribution is 0.0663. The van der Waals surface area contributed by atoms with Gasteiger partial charge in [-0.2, -0.15) is 0 Å². The second-order valence-corrected chi connectivity index (χ2v) is 4.64. The number of aryl methyl sites for hydroxylation is 1. The van der Waals surface area contributed by atoms with Crippen molar-refractivity contribution in [1.29, 1.82) is 0 Å². The Balaban J connectivity index is 2.16. The van der Waals surface area contributed by atoms with Gasteiger partial charge >= 0.3 is 0 Å². The van der Waals surface area contributed by atoms with Gasteiger partial charge in [0.1, 0.15) is 0 Å². The zero-order chi connectivity index (χ0) is 13.0. The van der Waals surface area contributed by atoms with Gasteiger partial charge in [-0.05, 0) is 19.8 Å². The van der Waals surface area contributed by atoms with Crippen LogP contribution in [0.2, 0.25) is 0 Å². The summed E-state index contributed by atoms with van der Waals surface area (Å²) in [7, 11) is 0. The average Bonchev–Trinajstić information content (AvgIpc) is 2.64. The van der Waals surface area contributed by atoms with Crippen LogP contribution in [0, 0.1) is 6.92 Å². The van der Waals surface area contributed by atoms with Gasteiger partial charge in [0.25, 0.3) is 0 Å². The van der Waals surface area contributed by atoms with Crippen LogP contribution in [0.4, 0.5) is 5.95 Å². The molecule has 5 nitrogen and oxygen atoms in total. The number of nitrogens with zero attached hydrogens (tertiary/aromatic N) is 3. The third kappa shape index (κ3) is 2.97. The molecule has 0 bridgehead atoms. The summed E-state index contributed by atoms with van der Waals surface area (Å²) in [5.41, 5.74) is 1.64. The van der Waals surface area contributed by atoms with Gasteiger partial charge < -0.3 is 14.7 Å². The second kappa shape index (κ2) is 6.11. The van der Waals surface area contributed by atoms with Gasteiger partial charge in [0.05, 0.1) is 12.7 Å². The van der Waals surface area contributed by atoms with Gasteiger partial charge in [-0.15, -0.1) is 0 Å². The van der Waals surface area contributed by atoms with Crippen LogP contribution in [0.15, 0.2) is 6.20 Å². The number of aliphatic hydroxyl groups is 1. The third-order valence-electron chi connectivity index (χ3n) is 3.33. The number of hydrogen-bond donors (Lipinski definition) is 1. The van der Waals surface area contributed by atoms with Gasteiger partial charge in [-0.25, -0.2) is 9.97 Å². The predicted molar refractivity (Wildman–Crippen MR) is 69.6 cm³/mol. The molecule has 2 heterocycles. The van der Waals surface area contributed by atoms with Crippen molar-refractivity contribution in [3.05, 3.63) is 17.5 Å². The normalized spacial score (nSPS) is 20.8. The van der Waals surface area contributed by atoms with Crippen molar-refractivity contribution < 1.29 is 9.84 Å². The summed E-state index contributed by atoms with van der Waals surface area (Å²) >= 11 is 0. The summed E-state index contributed by atoms with van der Waals surface area (Å²) in [5.74, 6) is 0.744. The molecule has 0 radical (unpaired) electrons. The summed E-state index contributed by atoms with van der Waals surface area (Å²) in [6.07, 6.45) is 3.98. The fraction of sp³-hybridized carbons (Fsp3) is 0.692. The standard InChI is InChI=1S/C13H21N3O2/c1-3-12-8-16(5-4-6-18-12)13-14-7-11(9-17)10(2)15-13/h7,12,17H,3-6,8-9H2,1-2H3. The van der Waals surface area contributed by atoms with Gasteiger partial charge in [0, 0.05) is 37.2 Å². The van der Waals surface area contributed by atoms with Crippen molar-refractivity contribution in [3.63, 3.8) is 0 Å². The molecule has 0 aliphatic carbocycles. The molecule has 1 aliphatic rings. The van der Waals surface area contributed by atoms with Crippen molar-refractivity contribution in [2.45, 2.75) is 39.4 Å². The molecular weight excluding hydrogens is 230 g/mol. The Morgan fingerprint density at radius 2 is 2.39 bits per heavy atom. The Bertz CT molecular complexity index is 398. The maximum Gasteiger partial charge on any atom is 0.225 e. The van der Waals surface area contributed by atoms with E-state index in [-0.39, 0.29) is 12.7 Å². The molecule has 5 heteroatoms. The SMILES string of the molecule is CCC1CN(c2ncc(CO)c(C)n2)CCCO1. The number of hydrogen-bond acceptors (Lipinski definition) is 5. The summed E-state index contributed by atoms with van der Waals surface area (Å²) < 4.78 is 5.74. The van der Waals surface area contributed by atoms with E-state index in [0.717, 1.165) is 49.7 Å². The third-order valence-corrected chi connectivity index (χ3v) is 3.33. The first-order valence-electron chi connectivity index (χ1n) is 6.54. The highest BCUT2D eigenvalue weighted by Gasteiger charge is 2.19. The van der Waals surface area contributed by atoms with Crippen LogP contribution in [0.5, 0.6) is 0 Å². The summed E-state index contributed by atoms with van der Waals surface area (Å²) in [6, 6.07) is 0. The first-order chi connectivity index (χ1) is 8.74. The molecule has 1 fully saturated rings. The number of ether oxygens (including phenoxy) is 1. The summed E-state index contributed by atoms with van der Waals surface area (Å²) in [5, 5.41) is 9.13. The maximum absolute atomic E-state index is 9.13. The number of anilines is 1. The van der Waals surface area contributed by atoms with E-state index >= 15 is 0 Å². The second-order valence-electron chi connectivity index (χ2n) is 4.64. The molecule has 100 valence electrons. The van der Waals surface area contributed by atoms with Gasteiger partial charge in [-0.3, -0.25) is 0 Å². The minimum atomic E-state index is -0.00713. The van der Waals surface area contributed by atoms with E-state index in [1.165, 1.54) is 0 Å². The Labute approximate surface area is 108 Å². The van der Waals surface area contributed by atoms with Gasteiger partial charge in [-0.1, -0.05) is 6.92 Å². The van der Waals surface area contributed by atoms with E-state index in [1.807, 2.05) is 6.92 Å². The molecule has 0 saturated carbocycles. The van der Waals surface area contributed by atoms with Crippen molar-refractivity contribution >= 4 is 5.95 Å². The molecule has 1 aliphatic heterocycles. The largest absolute Gasteiger partial charge is 0.392 e. The fourth-order valence-corrected chi connectivity index (χ4v) is 2.11. The Kier molecular flexibility index (Phi) is 4.49. The average molecular weight is 251 g/mol. The molecule has 1 saturated heterocycles. The van der Waals surface area contributed by atoms with Crippen LogP contribution in [0.3, 0.4) is 0 Å². The van der Waals surface area contributed by atoms with Crippen molar-refractivity contribution in [2.24, 2.45) is 0 Å².